The first-order valence-electron chi connectivity index (χ1n) is 8.79. The maximum atomic E-state index is 12.7. The fourth-order valence-electron chi connectivity index (χ4n) is 2.68. The number of carboxylic acid groups (broad SMARTS) is 1. The standard InChI is InChI=1S/C21H24N2O4/c1-4-23(3)20(25)17-12-8-11-16(13-17)19(24)22-18(14(2)21(26)27)15-9-6-5-7-10-15/h5-14,18H,4H2,1-3H3,(H,22,24)(H,26,27). The summed E-state index contributed by atoms with van der Waals surface area (Å²) in [6, 6.07) is 14.7. The highest BCUT2D eigenvalue weighted by atomic mass is 16.4. The molecule has 2 aromatic carbocycles. The molecule has 6 nitrogen and oxygen atoms in total. The molecular formula is C21H24N2O4. The van der Waals surface area contributed by atoms with Crippen molar-refractivity contribution in [3.05, 3.63) is 71.3 Å². The quantitative estimate of drug-likeness (QED) is 0.787. The Balaban J connectivity index is 2.28. The zero-order valence-electron chi connectivity index (χ0n) is 15.7. The van der Waals surface area contributed by atoms with Gasteiger partial charge in [0.15, 0.2) is 0 Å². The normalized spacial score (nSPS) is 12.7. The molecule has 0 aromatic heterocycles. The number of hydrogen-bond donors (Lipinski definition) is 2. The van der Waals surface area contributed by atoms with Crippen molar-refractivity contribution < 1.29 is 19.5 Å². The second-order valence-corrected chi connectivity index (χ2v) is 6.39. The third-order valence-corrected chi connectivity index (χ3v) is 4.53. The molecule has 0 saturated heterocycles. The van der Waals surface area contributed by atoms with Crippen LogP contribution in [0.3, 0.4) is 0 Å². The fourth-order valence-corrected chi connectivity index (χ4v) is 2.68. The van der Waals surface area contributed by atoms with E-state index in [1.54, 1.807) is 61.3 Å². The minimum Gasteiger partial charge on any atom is -0.481 e. The largest absolute Gasteiger partial charge is 0.481 e. The Morgan fingerprint density at radius 3 is 2.26 bits per heavy atom. The van der Waals surface area contributed by atoms with Crippen molar-refractivity contribution in [3.8, 4) is 0 Å². The lowest BCUT2D eigenvalue weighted by Crippen LogP contribution is -2.35. The van der Waals surface area contributed by atoms with E-state index in [0.717, 1.165) is 0 Å². The predicted octanol–water partition coefficient (Wildman–Crippen LogP) is 2.97. The summed E-state index contributed by atoms with van der Waals surface area (Å²) in [5.41, 5.74) is 1.43. The summed E-state index contributed by atoms with van der Waals surface area (Å²) < 4.78 is 0. The minimum atomic E-state index is -1.00. The van der Waals surface area contributed by atoms with Gasteiger partial charge >= 0.3 is 5.97 Å². The summed E-state index contributed by atoms with van der Waals surface area (Å²) in [4.78, 5) is 38.1. The van der Waals surface area contributed by atoms with Crippen LogP contribution in [0.15, 0.2) is 54.6 Å². The number of amides is 2. The first-order chi connectivity index (χ1) is 12.8. The number of nitrogens with zero attached hydrogens (tertiary/aromatic N) is 1. The molecule has 2 N–H and O–H groups in total. The van der Waals surface area contributed by atoms with Crippen LogP contribution in [0.4, 0.5) is 0 Å². The van der Waals surface area contributed by atoms with Gasteiger partial charge in [-0.2, -0.15) is 0 Å². The Labute approximate surface area is 158 Å². The Hall–Kier alpha value is -3.15. The lowest BCUT2D eigenvalue weighted by Gasteiger charge is -2.23. The number of benzene rings is 2. The molecule has 6 heteroatoms. The Morgan fingerprint density at radius 1 is 1.04 bits per heavy atom. The van der Waals surface area contributed by atoms with E-state index in [1.807, 2.05) is 13.0 Å². The average molecular weight is 368 g/mol. The van der Waals surface area contributed by atoms with Gasteiger partial charge in [0.1, 0.15) is 0 Å². The SMILES string of the molecule is CCN(C)C(=O)c1cccc(C(=O)NC(c2ccccc2)C(C)C(=O)O)c1. The highest BCUT2D eigenvalue weighted by Gasteiger charge is 2.27. The van der Waals surface area contributed by atoms with E-state index < -0.39 is 23.8 Å². The third kappa shape index (κ3) is 4.94. The summed E-state index contributed by atoms with van der Waals surface area (Å²) in [5, 5.41) is 12.2. The summed E-state index contributed by atoms with van der Waals surface area (Å²) in [7, 11) is 1.69. The Kier molecular flexibility index (Phi) is 6.71. The fraction of sp³-hybridized carbons (Fsp3) is 0.286. The topological polar surface area (TPSA) is 86.7 Å². The number of carboxylic acids is 1. The van der Waals surface area contributed by atoms with Crippen molar-refractivity contribution in [2.45, 2.75) is 19.9 Å². The van der Waals surface area contributed by atoms with E-state index in [1.165, 1.54) is 6.07 Å². The van der Waals surface area contributed by atoms with Crippen molar-refractivity contribution in [1.82, 2.24) is 10.2 Å². The number of nitrogens with one attached hydrogen (secondary N) is 1. The molecule has 2 atom stereocenters. The molecule has 0 aliphatic heterocycles. The van der Waals surface area contributed by atoms with E-state index in [2.05, 4.69) is 5.32 Å². The molecule has 2 aromatic rings. The lowest BCUT2D eigenvalue weighted by atomic mass is 9.94. The van der Waals surface area contributed by atoms with E-state index >= 15 is 0 Å². The van der Waals surface area contributed by atoms with Gasteiger partial charge in [-0.1, -0.05) is 36.4 Å². The maximum Gasteiger partial charge on any atom is 0.308 e. The van der Waals surface area contributed by atoms with Crippen LogP contribution in [0.1, 0.15) is 46.2 Å². The summed E-state index contributed by atoms with van der Waals surface area (Å²) >= 11 is 0. The average Bonchev–Trinajstić information content (AvgIpc) is 2.70. The Morgan fingerprint density at radius 2 is 1.67 bits per heavy atom. The molecule has 0 aliphatic rings. The summed E-state index contributed by atoms with van der Waals surface area (Å²) in [6.07, 6.45) is 0. The molecule has 2 amide bonds. The van der Waals surface area contributed by atoms with Gasteiger partial charge in [-0.05, 0) is 37.6 Å². The van der Waals surface area contributed by atoms with Gasteiger partial charge < -0.3 is 15.3 Å². The summed E-state index contributed by atoms with van der Waals surface area (Å²) in [6.45, 7) is 3.98. The van der Waals surface area contributed by atoms with E-state index in [0.29, 0.717) is 23.2 Å². The number of carbonyl (C=O) groups is 3. The zero-order valence-corrected chi connectivity index (χ0v) is 15.7. The van der Waals surface area contributed by atoms with Gasteiger partial charge in [0, 0.05) is 24.7 Å². The molecule has 0 saturated carbocycles. The molecule has 0 aliphatic carbocycles. The van der Waals surface area contributed by atoms with Crippen LogP contribution in [0.2, 0.25) is 0 Å². The third-order valence-electron chi connectivity index (χ3n) is 4.53. The van der Waals surface area contributed by atoms with Gasteiger partial charge in [-0.25, -0.2) is 0 Å². The molecule has 0 spiro atoms. The van der Waals surface area contributed by atoms with Crippen molar-refractivity contribution in [1.29, 1.82) is 0 Å². The van der Waals surface area contributed by atoms with Crippen LogP contribution in [0.5, 0.6) is 0 Å². The number of rotatable bonds is 7. The lowest BCUT2D eigenvalue weighted by molar-refractivity contribution is -0.142. The molecule has 0 heterocycles. The van der Waals surface area contributed by atoms with Crippen LogP contribution in [-0.4, -0.2) is 41.4 Å². The number of aliphatic carboxylic acids is 1. The van der Waals surface area contributed by atoms with E-state index in [9.17, 15) is 19.5 Å². The molecule has 2 unspecified atom stereocenters. The van der Waals surface area contributed by atoms with Crippen molar-refractivity contribution >= 4 is 17.8 Å². The number of carbonyl (C=O) groups excluding carboxylic acids is 2. The number of hydrogen-bond acceptors (Lipinski definition) is 3. The first-order valence-corrected chi connectivity index (χ1v) is 8.79. The predicted molar refractivity (Wildman–Crippen MR) is 103 cm³/mol. The van der Waals surface area contributed by atoms with Gasteiger partial charge in [-0.3, -0.25) is 14.4 Å². The molecular weight excluding hydrogens is 344 g/mol. The van der Waals surface area contributed by atoms with Crippen LogP contribution in [0.25, 0.3) is 0 Å². The maximum absolute atomic E-state index is 12.7. The van der Waals surface area contributed by atoms with E-state index in [4.69, 9.17) is 0 Å². The highest BCUT2D eigenvalue weighted by Crippen LogP contribution is 2.23. The van der Waals surface area contributed by atoms with Crippen LogP contribution in [0, 0.1) is 5.92 Å². The smallest absolute Gasteiger partial charge is 0.308 e. The van der Waals surface area contributed by atoms with Gasteiger partial charge in [0.25, 0.3) is 11.8 Å². The zero-order chi connectivity index (χ0) is 20.0. The second-order valence-electron chi connectivity index (χ2n) is 6.39. The first kappa shape index (κ1) is 20.2. The summed E-state index contributed by atoms with van der Waals surface area (Å²) in [5.74, 6) is -2.42. The van der Waals surface area contributed by atoms with Gasteiger partial charge in [0.2, 0.25) is 0 Å². The van der Waals surface area contributed by atoms with Crippen LogP contribution in [-0.2, 0) is 4.79 Å². The van der Waals surface area contributed by atoms with Gasteiger partial charge in [0.05, 0.1) is 12.0 Å². The van der Waals surface area contributed by atoms with Crippen molar-refractivity contribution in [3.63, 3.8) is 0 Å². The monoisotopic (exact) mass is 368 g/mol. The van der Waals surface area contributed by atoms with Crippen molar-refractivity contribution in [2.24, 2.45) is 5.92 Å². The van der Waals surface area contributed by atoms with Crippen LogP contribution < -0.4 is 5.32 Å². The van der Waals surface area contributed by atoms with Crippen LogP contribution >= 0.6 is 0 Å². The minimum absolute atomic E-state index is 0.175. The molecule has 2 rings (SSSR count). The molecule has 0 fully saturated rings. The highest BCUT2D eigenvalue weighted by molar-refractivity contribution is 5.99. The molecule has 27 heavy (non-hydrogen) atoms. The second kappa shape index (κ2) is 8.98. The molecule has 142 valence electrons. The van der Waals surface area contributed by atoms with E-state index in [-0.39, 0.29) is 5.91 Å². The Bertz CT molecular complexity index is 820. The van der Waals surface area contributed by atoms with Gasteiger partial charge in [-0.15, -0.1) is 0 Å². The molecule has 0 radical (unpaired) electrons. The van der Waals surface area contributed by atoms with Crippen molar-refractivity contribution in [2.75, 3.05) is 13.6 Å². The molecule has 0 bridgehead atoms.